The summed E-state index contributed by atoms with van der Waals surface area (Å²) in [5.41, 5.74) is 3.29. The fourth-order valence-electron chi connectivity index (χ4n) is 3.60. The molecule has 6 nitrogen and oxygen atoms in total. The van der Waals surface area contributed by atoms with Crippen LogP contribution in [-0.4, -0.2) is 23.0 Å². The van der Waals surface area contributed by atoms with E-state index in [0.29, 0.717) is 40.4 Å². The minimum atomic E-state index is -0.236. The minimum Gasteiger partial charge on any atom is -0.493 e. The summed E-state index contributed by atoms with van der Waals surface area (Å²) in [6.45, 7) is 6.37. The SMILES string of the molecule is COc1cc(Br)cc(C=Nn2c(C(C)C)nc3ccc(Br)cc3c2=O)c1OCc1ccc(C)cc1. The lowest BCUT2D eigenvalue weighted by Gasteiger charge is -2.15. The summed E-state index contributed by atoms with van der Waals surface area (Å²) in [4.78, 5) is 18.1. The highest BCUT2D eigenvalue weighted by molar-refractivity contribution is 9.10. The van der Waals surface area contributed by atoms with Crippen molar-refractivity contribution in [3.63, 3.8) is 0 Å². The predicted octanol–water partition coefficient (Wildman–Crippen LogP) is 6.82. The zero-order valence-corrected chi connectivity index (χ0v) is 23.1. The molecule has 1 aromatic heterocycles. The van der Waals surface area contributed by atoms with Gasteiger partial charge in [0.2, 0.25) is 0 Å². The number of hydrogen-bond donors (Lipinski definition) is 0. The van der Waals surface area contributed by atoms with E-state index in [0.717, 1.165) is 14.5 Å². The van der Waals surface area contributed by atoms with Gasteiger partial charge in [-0.3, -0.25) is 4.79 Å². The largest absolute Gasteiger partial charge is 0.493 e. The second-order valence-electron chi connectivity index (χ2n) is 8.45. The number of halogens is 2. The average molecular weight is 599 g/mol. The highest BCUT2D eigenvalue weighted by Crippen LogP contribution is 2.34. The van der Waals surface area contributed by atoms with Crippen molar-refractivity contribution in [3.05, 3.63) is 96.4 Å². The van der Waals surface area contributed by atoms with E-state index in [2.05, 4.69) is 37.0 Å². The monoisotopic (exact) mass is 597 g/mol. The van der Waals surface area contributed by atoms with Crippen LogP contribution in [0.2, 0.25) is 0 Å². The molecule has 0 radical (unpaired) electrons. The molecule has 4 rings (SSSR count). The lowest BCUT2D eigenvalue weighted by Crippen LogP contribution is -2.23. The zero-order chi connectivity index (χ0) is 25.1. The first-order valence-electron chi connectivity index (χ1n) is 11.1. The van der Waals surface area contributed by atoms with Crippen LogP contribution in [0, 0.1) is 6.92 Å². The maximum absolute atomic E-state index is 13.4. The number of hydrogen-bond acceptors (Lipinski definition) is 5. The van der Waals surface area contributed by atoms with E-state index in [1.54, 1.807) is 19.4 Å². The maximum Gasteiger partial charge on any atom is 0.282 e. The van der Waals surface area contributed by atoms with Crippen LogP contribution in [0.25, 0.3) is 10.9 Å². The van der Waals surface area contributed by atoms with Crippen LogP contribution in [0.1, 0.15) is 42.3 Å². The van der Waals surface area contributed by atoms with E-state index in [1.807, 2.05) is 69.3 Å². The van der Waals surface area contributed by atoms with Crippen molar-refractivity contribution in [3.8, 4) is 11.5 Å². The molecule has 180 valence electrons. The number of fused-ring (bicyclic) bond motifs is 1. The molecule has 0 saturated heterocycles. The Balaban J connectivity index is 1.78. The van der Waals surface area contributed by atoms with Crippen LogP contribution in [0.3, 0.4) is 0 Å². The first-order chi connectivity index (χ1) is 16.8. The van der Waals surface area contributed by atoms with Gasteiger partial charge >= 0.3 is 0 Å². The van der Waals surface area contributed by atoms with Gasteiger partial charge in [0.05, 0.1) is 24.2 Å². The molecule has 0 unspecified atom stereocenters. The molecule has 4 aromatic rings. The van der Waals surface area contributed by atoms with Gasteiger partial charge in [0.1, 0.15) is 12.4 Å². The van der Waals surface area contributed by atoms with Gasteiger partial charge in [-0.15, -0.1) is 0 Å². The van der Waals surface area contributed by atoms with Crippen molar-refractivity contribution < 1.29 is 9.47 Å². The minimum absolute atomic E-state index is 0.0119. The smallest absolute Gasteiger partial charge is 0.282 e. The van der Waals surface area contributed by atoms with E-state index in [9.17, 15) is 4.79 Å². The van der Waals surface area contributed by atoms with Crippen LogP contribution >= 0.6 is 31.9 Å². The quantitative estimate of drug-likeness (QED) is 0.219. The molecule has 0 fully saturated rings. The van der Waals surface area contributed by atoms with Gasteiger partial charge in [-0.2, -0.15) is 9.78 Å². The van der Waals surface area contributed by atoms with E-state index in [-0.39, 0.29) is 11.5 Å². The third-order valence-corrected chi connectivity index (χ3v) is 6.39. The van der Waals surface area contributed by atoms with E-state index in [4.69, 9.17) is 14.5 Å². The molecule has 35 heavy (non-hydrogen) atoms. The van der Waals surface area contributed by atoms with E-state index >= 15 is 0 Å². The molecule has 0 N–H and O–H groups in total. The summed E-state index contributed by atoms with van der Waals surface area (Å²) in [5.74, 6) is 1.66. The van der Waals surface area contributed by atoms with Crippen LogP contribution in [0.15, 0.2) is 73.4 Å². The average Bonchev–Trinajstić information content (AvgIpc) is 2.83. The van der Waals surface area contributed by atoms with E-state index in [1.165, 1.54) is 10.2 Å². The molecule has 0 atom stereocenters. The number of ether oxygens (including phenoxy) is 2. The van der Waals surface area contributed by atoms with Gasteiger partial charge in [-0.25, -0.2) is 4.98 Å². The van der Waals surface area contributed by atoms with Crippen molar-refractivity contribution >= 4 is 49.0 Å². The summed E-state index contributed by atoms with van der Waals surface area (Å²) in [5, 5.41) is 5.06. The van der Waals surface area contributed by atoms with Gasteiger partial charge in [0.25, 0.3) is 5.56 Å². The van der Waals surface area contributed by atoms with Gasteiger partial charge in [-0.05, 0) is 42.8 Å². The van der Waals surface area contributed by atoms with Crippen molar-refractivity contribution in [1.29, 1.82) is 0 Å². The van der Waals surface area contributed by atoms with Crippen LogP contribution in [0.5, 0.6) is 11.5 Å². The van der Waals surface area contributed by atoms with Crippen molar-refractivity contribution in [2.45, 2.75) is 33.3 Å². The molecule has 1 heterocycles. The summed E-state index contributed by atoms with van der Waals surface area (Å²) in [6.07, 6.45) is 1.61. The molecule has 0 aliphatic heterocycles. The Bertz CT molecular complexity index is 1460. The number of rotatable bonds is 7. The number of methoxy groups -OCH3 is 1. The summed E-state index contributed by atoms with van der Waals surface area (Å²) in [7, 11) is 1.59. The lowest BCUT2D eigenvalue weighted by molar-refractivity contribution is 0.284. The number of aryl methyl sites for hydroxylation is 1. The maximum atomic E-state index is 13.4. The molecule has 0 aliphatic rings. The Labute approximate surface area is 220 Å². The first-order valence-corrected chi connectivity index (χ1v) is 12.7. The van der Waals surface area contributed by atoms with Gasteiger partial charge < -0.3 is 9.47 Å². The summed E-state index contributed by atoms with van der Waals surface area (Å²) >= 11 is 6.97. The second kappa shape index (κ2) is 10.7. The van der Waals surface area contributed by atoms with Crippen LogP contribution in [0.4, 0.5) is 0 Å². The topological polar surface area (TPSA) is 65.7 Å². The van der Waals surface area contributed by atoms with Crippen LogP contribution in [-0.2, 0) is 6.61 Å². The molecule has 0 bridgehead atoms. The normalized spacial score (nSPS) is 11.5. The number of aromatic nitrogens is 2. The van der Waals surface area contributed by atoms with Crippen molar-refractivity contribution in [2.75, 3.05) is 7.11 Å². The third kappa shape index (κ3) is 5.65. The molecule has 0 amide bonds. The zero-order valence-electron chi connectivity index (χ0n) is 19.9. The Hall–Kier alpha value is -2.97. The first kappa shape index (κ1) is 25.1. The Morgan fingerprint density at radius 3 is 2.49 bits per heavy atom. The van der Waals surface area contributed by atoms with Crippen molar-refractivity contribution in [2.24, 2.45) is 5.10 Å². The Kier molecular flexibility index (Phi) is 7.72. The Morgan fingerprint density at radius 1 is 1.06 bits per heavy atom. The van der Waals surface area contributed by atoms with Crippen molar-refractivity contribution in [1.82, 2.24) is 9.66 Å². The van der Waals surface area contributed by atoms with Gasteiger partial charge in [0, 0.05) is 20.4 Å². The summed E-state index contributed by atoms with van der Waals surface area (Å²) < 4.78 is 14.7. The van der Waals surface area contributed by atoms with Crippen LogP contribution < -0.4 is 15.0 Å². The lowest BCUT2D eigenvalue weighted by atomic mass is 10.1. The molecule has 3 aromatic carbocycles. The molecule has 0 aliphatic carbocycles. The third-order valence-electron chi connectivity index (χ3n) is 5.43. The molecule has 8 heteroatoms. The summed E-state index contributed by atoms with van der Waals surface area (Å²) in [6, 6.07) is 17.3. The number of nitrogens with zero attached hydrogens (tertiary/aromatic N) is 3. The van der Waals surface area contributed by atoms with E-state index < -0.39 is 0 Å². The highest BCUT2D eigenvalue weighted by Gasteiger charge is 2.16. The predicted molar refractivity (Wildman–Crippen MR) is 147 cm³/mol. The Morgan fingerprint density at radius 2 is 1.80 bits per heavy atom. The standard InChI is InChI=1S/C27H25Br2N3O3/c1-16(2)26-31-23-10-9-20(28)12-22(23)27(33)32(26)30-14-19-11-21(29)13-24(34-4)25(19)35-15-18-7-5-17(3)6-8-18/h5-14,16H,15H2,1-4H3. The second-order valence-corrected chi connectivity index (χ2v) is 10.3. The molecule has 0 saturated carbocycles. The van der Waals surface area contributed by atoms with Gasteiger partial charge in [0.15, 0.2) is 11.5 Å². The fraction of sp³-hybridized carbons (Fsp3) is 0.222. The highest BCUT2D eigenvalue weighted by atomic mass is 79.9. The molecular weight excluding hydrogens is 574 g/mol. The molecular formula is C27H25Br2N3O3. The van der Waals surface area contributed by atoms with Gasteiger partial charge in [-0.1, -0.05) is 75.5 Å². The number of benzene rings is 3. The molecule has 0 spiro atoms. The fourth-order valence-corrected chi connectivity index (χ4v) is 4.42.